The Morgan fingerprint density at radius 3 is 2.60 bits per heavy atom. The summed E-state index contributed by atoms with van der Waals surface area (Å²) in [6.45, 7) is 7.35. The second kappa shape index (κ2) is 9.53. The van der Waals surface area contributed by atoms with Gasteiger partial charge in [-0.3, -0.25) is 0 Å². The van der Waals surface area contributed by atoms with E-state index in [0.717, 1.165) is 36.3 Å². The Hall–Kier alpha value is -1.92. The molecule has 1 aromatic heterocycles. The van der Waals surface area contributed by atoms with E-state index in [4.69, 9.17) is 4.99 Å². The van der Waals surface area contributed by atoms with Crippen LogP contribution in [-0.4, -0.2) is 48.4 Å². The Morgan fingerprint density at radius 1 is 1.20 bits per heavy atom. The number of aryl methyl sites for hydroxylation is 1. The Labute approximate surface area is 155 Å². The van der Waals surface area contributed by atoms with Crippen LogP contribution in [0, 0.1) is 6.92 Å². The van der Waals surface area contributed by atoms with E-state index in [1.807, 2.05) is 6.92 Å². The van der Waals surface area contributed by atoms with Crippen LogP contribution in [0.1, 0.15) is 28.8 Å². The summed E-state index contributed by atoms with van der Waals surface area (Å²) in [7, 11) is 6.23. The van der Waals surface area contributed by atoms with Gasteiger partial charge in [-0.25, -0.2) is 9.98 Å². The number of nitrogens with zero attached hydrogens (tertiary/aromatic N) is 4. The highest BCUT2D eigenvalue weighted by Gasteiger charge is 2.08. The van der Waals surface area contributed by atoms with Crippen molar-refractivity contribution < 1.29 is 0 Å². The smallest absolute Gasteiger partial charge is 0.194 e. The molecule has 0 aliphatic carbocycles. The number of aliphatic imine (C=N–C) groups is 1. The van der Waals surface area contributed by atoms with Gasteiger partial charge in [0.05, 0.1) is 23.8 Å². The molecule has 0 spiro atoms. The Bertz CT molecular complexity index is 693. The topological polar surface area (TPSA) is 43.8 Å². The highest BCUT2D eigenvalue weighted by Crippen LogP contribution is 2.11. The average molecular weight is 360 g/mol. The fourth-order valence-corrected chi connectivity index (χ4v) is 3.23. The summed E-state index contributed by atoms with van der Waals surface area (Å²) < 4.78 is 0. The average Bonchev–Trinajstić information content (AvgIpc) is 2.96. The zero-order valence-electron chi connectivity index (χ0n) is 15.9. The lowest BCUT2D eigenvalue weighted by atomic mass is 10.1. The second-order valence-corrected chi connectivity index (χ2v) is 7.50. The molecule has 0 radical (unpaired) electrons. The van der Waals surface area contributed by atoms with E-state index in [-0.39, 0.29) is 0 Å². The minimum Gasteiger partial charge on any atom is -0.357 e. The van der Waals surface area contributed by atoms with Crippen LogP contribution in [0.2, 0.25) is 0 Å². The second-order valence-electron chi connectivity index (χ2n) is 6.44. The number of rotatable bonds is 7. The molecule has 0 saturated carbocycles. The highest BCUT2D eigenvalue weighted by molar-refractivity contribution is 7.09. The summed E-state index contributed by atoms with van der Waals surface area (Å²) in [6.07, 6.45) is 0. The fourth-order valence-electron chi connectivity index (χ4n) is 2.63. The molecule has 136 valence electrons. The molecule has 0 atom stereocenters. The summed E-state index contributed by atoms with van der Waals surface area (Å²) >= 11 is 1.69. The number of benzene rings is 1. The zero-order valence-corrected chi connectivity index (χ0v) is 16.7. The molecule has 0 aliphatic rings. The van der Waals surface area contributed by atoms with E-state index < -0.39 is 0 Å². The Morgan fingerprint density at radius 2 is 1.96 bits per heavy atom. The molecule has 5 nitrogen and oxygen atoms in total. The molecular weight excluding hydrogens is 330 g/mol. The predicted molar refractivity (Wildman–Crippen MR) is 107 cm³/mol. The first-order valence-electron chi connectivity index (χ1n) is 8.61. The van der Waals surface area contributed by atoms with Gasteiger partial charge in [-0.2, -0.15) is 0 Å². The largest absolute Gasteiger partial charge is 0.357 e. The molecular formula is C19H29N5S. The van der Waals surface area contributed by atoms with Gasteiger partial charge in [-0.05, 0) is 39.1 Å². The van der Waals surface area contributed by atoms with Gasteiger partial charge in [0.2, 0.25) is 0 Å². The SMILES string of the molecule is CCNC(=NCc1cccc(CN(C)C)c1)N(C)Cc1csc(C)n1. The van der Waals surface area contributed by atoms with Crippen molar-refractivity contribution in [3.63, 3.8) is 0 Å². The Kier molecular flexibility index (Phi) is 7.40. The van der Waals surface area contributed by atoms with E-state index >= 15 is 0 Å². The number of aromatic nitrogens is 1. The quantitative estimate of drug-likeness (QED) is 0.609. The molecule has 1 aromatic carbocycles. The van der Waals surface area contributed by atoms with Crippen LogP contribution in [0.3, 0.4) is 0 Å². The molecule has 0 unspecified atom stereocenters. The maximum absolute atomic E-state index is 4.80. The van der Waals surface area contributed by atoms with E-state index in [1.165, 1.54) is 11.1 Å². The van der Waals surface area contributed by atoms with Gasteiger partial charge >= 0.3 is 0 Å². The van der Waals surface area contributed by atoms with Crippen LogP contribution in [0.25, 0.3) is 0 Å². The lowest BCUT2D eigenvalue weighted by Crippen LogP contribution is -2.38. The standard InChI is InChI=1S/C19H29N5S/c1-6-20-19(24(5)13-18-14-25-15(2)22-18)21-11-16-8-7-9-17(10-16)12-23(3)4/h7-10,14H,6,11-13H2,1-5H3,(H,20,21). The number of nitrogens with one attached hydrogen (secondary N) is 1. The summed E-state index contributed by atoms with van der Waals surface area (Å²) in [4.78, 5) is 13.6. The number of hydrogen-bond acceptors (Lipinski definition) is 4. The summed E-state index contributed by atoms with van der Waals surface area (Å²) in [6, 6.07) is 8.64. The van der Waals surface area contributed by atoms with Crippen LogP contribution in [0.15, 0.2) is 34.6 Å². The maximum Gasteiger partial charge on any atom is 0.194 e. The minimum absolute atomic E-state index is 0.671. The van der Waals surface area contributed by atoms with Crippen molar-refractivity contribution in [1.82, 2.24) is 20.1 Å². The third kappa shape index (κ3) is 6.48. The van der Waals surface area contributed by atoms with Crippen molar-refractivity contribution in [2.24, 2.45) is 4.99 Å². The number of guanidine groups is 1. The fraction of sp³-hybridized carbons (Fsp3) is 0.474. The molecule has 2 rings (SSSR count). The van der Waals surface area contributed by atoms with E-state index in [2.05, 4.69) is 77.8 Å². The van der Waals surface area contributed by atoms with Crippen LogP contribution in [-0.2, 0) is 19.6 Å². The third-order valence-corrected chi connectivity index (χ3v) is 4.49. The molecule has 1 heterocycles. The summed E-state index contributed by atoms with van der Waals surface area (Å²) in [5.41, 5.74) is 3.63. The van der Waals surface area contributed by atoms with Crippen LogP contribution >= 0.6 is 11.3 Å². The van der Waals surface area contributed by atoms with Gasteiger partial charge < -0.3 is 15.1 Å². The van der Waals surface area contributed by atoms with Crippen LogP contribution in [0.5, 0.6) is 0 Å². The van der Waals surface area contributed by atoms with E-state index in [1.54, 1.807) is 11.3 Å². The summed E-state index contributed by atoms with van der Waals surface area (Å²) in [5.74, 6) is 0.908. The lowest BCUT2D eigenvalue weighted by Gasteiger charge is -2.21. The molecule has 6 heteroatoms. The van der Waals surface area contributed by atoms with Crippen molar-refractivity contribution in [1.29, 1.82) is 0 Å². The normalized spacial score (nSPS) is 11.8. The number of hydrogen-bond donors (Lipinski definition) is 1. The van der Waals surface area contributed by atoms with Gasteiger partial charge in [0, 0.05) is 25.5 Å². The molecule has 0 saturated heterocycles. The first kappa shape index (κ1) is 19.4. The van der Waals surface area contributed by atoms with Crippen LogP contribution in [0.4, 0.5) is 0 Å². The van der Waals surface area contributed by atoms with Crippen molar-refractivity contribution in [2.75, 3.05) is 27.7 Å². The molecule has 0 fully saturated rings. The molecule has 0 amide bonds. The monoisotopic (exact) mass is 359 g/mol. The molecule has 2 aromatic rings. The van der Waals surface area contributed by atoms with Gasteiger partial charge in [-0.15, -0.1) is 11.3 Å². The molecule has 0 bridgehead atoms. The molecule has 25 heavy (non-hydrogen) atoms. The van der Waals surface area contributed by atoms with Gasteiger partial charge in [0.15, 0.2) is 5.96 Å². The van der Waals surface area contributed by atoms with Crippen molar-refractivity contribution in [3.8, 4) is 0 Å². The minimum atomic E-state index is 0.671. The number of thiazole rings is 1. The first-order chi connectivity index (χ1) is 12.0. The predicted octanol–water partition coefficient (Wildman–Crippen LogP) is 3.11. The lowest BCUT2D eigenvalue weighted by molar-refractivity contribution is 0.402. The zero-order chi connectivity index (χ0) is 18.2. The van der Waals surface area contributed by atoms with Gasteiger partial charge in [0.1, 0.15) is 0 Å². The van der Waals surface area contributed by atoms with Gasteiger partial charge in [0.25, 0.3) is 0 Å². The van der Waals surface area contributed by atoms with Crippen molar-refractivity contribution in [2.45, 2.75) is 33.5 Å². The molecule has 1 N–H and O–H groups in total. The van der Waals surface area contributed by atoms with Crippen LogP contribution < -0.4 is 5.32 Å². The van der Waals surface area contributed by atoms with E-state index in [0.29, 0.717) is 6.54 Å². The Balaban J connectivity index is 2.05. The summed E-state index contributed by atoms with van der Waals surface area (Å²) in [5, 5.41) is 6.58. The van der Waals surface area contributed by atoms with Gasteiger partial charge in [-0.1, -0.05) is 24.3 Å². The third-order valence-electron chi connectivity index (χ3n) is 3.66. The molecule has 0 aliphatic heterocycles. The first-order valence-corrected chi connectivity index (χ1v) is 9.49. The highest BCUT2D eigenvalue weighted by atomic mass is 32.1. The van der Waals surface area contributed by atoms with E-state index in [9.17, 15) is 0 Å². The van der Waals surface area contributed by atoms with Crippen molar-refractivity contribution >= 4 is 17.3 Å². The maximum atomic E-state index is 4.80. The van der Waals surface area contributed by atoms with Crippen molar-refractivity contribution in [3.05, 3.63) is 51.5 Å².